The largest absolute Gasteiger partial charge is 0.322 e. The molecule has 7 heteroatoms. The standard InChI is InChI=1S/C23H24N2O3S2/c1-3-16-30(27,28)25-21-11-7-10-20(17(21)2)24-23(26)15-13-19-12-14-22(29-19)18-8-5-4-6-9-18/h4-15,25H,3,16H2,1-2H3,(H,24,26). The van der Waals surface area contributed by atoms with Crippen molar-refractivity contribution in [3.05, 3.63) is 77.2 Å². The lowest BCUT2D eigenvalue weighted by atomic mass is 10.1. The van der Waals surface area contributed by atoms with Gasteiger partial charge < -0.3 is 5.32 Å². The molecule has 0 spiro atoms. The van der Waals surface area contributed by atoms with Crippen molar-refractivity contribution in [2.45, 2.75) is 20.3 Å². The Morgan fingerprint density at radius 3 is 2.47 bits per heavy atom. The summed E-state index contributed by atoms with van der Waals surface area (Å²) in [6, 6.07) is 19.2. The monoisotopic (exact) mass is 440 g/mol. The van der Waals surface area contributed by atoms with E-state index in [9.17, 15) is 13.2 Å². The highest BCUT2D eigenvalue weighted by Crippen LogP contribution is 2.29. The molecule has 2 aromatic carbocycles. The molecule has 1 aromatic heterocycles. The predicted molar refractivity (Wildman–Crippen MR) is 126 cm³/mol. The van der Waals surface area contributed by atoms with E-state index in [1.54, 1.807) is 42.5 Å². The Kier molecular flexibility index (Phi) is 7.07. The van der Waals surface area contributed by atoms with Crippen LogP contribution in [0.4, 0.5) is 11.4 Å². The number of nitrogens with one attached hydrogen (secondary N) is 2. The second kappa shape index (κ2) is 9.73. The minimum atomic E-state index is -3.39. The number of rotatable bonds is 8. The molecule has 0 aliphatic heterocycles. The number of carbonyl (C=O) groups excluding carboxylic acids is 1. The molecule has 156 valence electrons. The van der Waals surface area contributed by atoms with Gasteiger partial charge in [-0.1, -0.05) is 43.3 Å². The molecular formula is C23H24N2O3S2. The van der Waals surface area contributed by atoms with Gasteiger partial charge in [-0.3, -0.25) is 9.52 Å². The summed E-state index contributed by atoms with van der Waals surface area (Å²) >= 11 is 1.61. The molecule has 0 radical (unpaired) electrons. The van der Waals surface area contributed by atoms with Crippen LogP contribution in [0, 0.1) is 6.92 Å². The van der Waals surface area contributed by atoms with Gasteiger partial charge in [0.2, 0.25) is 15.9 Å². The van der Waals surface area contributed by atoms with Crippen LogP contribution in [-0.4, -0.2) is 20.1 Å². The van der Waals surface area contributed by atoms with Crippen LogP contribution < -0.4 is 10.0 Å². The second-order valence-electron chi connectivity index (χ2n) is 6.79. The Bertz CT molecular complexity index is 1150. The molecule has 0 aliphatic rings. The molecule has 0 fully saturated rings. The number of carbonyl (C=O) groups is 1. The first-order chi connectivity index (χ1) is 14.4. The maximum Gasteiger partial charge on any atom is 0.248 e. The lowest BCUT2D eigenvalue weighted by Gasteiger charge is -2.13. The maximum absolute atomic E-state index is 12.4. The fraction of sp³-hybridized carbons (Fsp3) is 0.174. The van der Waals surface area contributed by atoms with Gasteiger partial charge in [-0.15, -0.1) is 11.3 Å². The third kappa shape index (κ3) is 5.81. The van der Waals surface area contributed by atoms with Crippen LogP contribution >= 0.6 is 11.3 Å². The number of anilines is 2. The highest BCUT2D eigenvalue weighted by Gasteiger charge is 2.13. The quantitative estimate of drug-likeness (QED) is 0.452. The van der Waals surface area contributed by atoms with Crippen molar-refractivity contribution in [1.82, 2.24) is 0 Å². The van der Waals surface area contributed by atoms with Gasteiger partial charge in [0.25, 0.3) is 0 Å². The summed E-state index contributed by atoms with van der Waals surface area (Å²) in [6.45, 7) is 3.58. The summed E-state index contributed by atoms with van der Waals surface area (Å²) in [5, 5.41) is 2.82. The van der Waals surface area contributed by atoms with Crippen LogP contribution in [0.2, 0.25) is 0 Å². The first kappa shape index (κ1) is 21.8. The van der Waals surface area contributed by atoms with Crippen molar-refractivity contribution >= 4 is 44.7 Å². The summed E-state index contributed by atoms with van der Waals surface area (Å²) in [6.07, 6.45) is 3.79. The van der Waals surface area contributed by atoms with E-state index >= 15 is 0 Å². The lowest BCUT2D eigenvalue weighted by Crippen LogP contribution is -2.17. The number of benzene rings is 2. The molecular weight excluding hydrogens is 416 g/mol. The maximum atomic E-state index is 12.4. The average Bonchev–Trinajstić information content (AvgIpc) is 3.19. The van der Waals surface area contributed by atoms with Crippen molar-refractivity contribution in [2.24, 2.45) is 0 Å². The Balaban J connectivity index is 1.68. The fourth-order valence-corrected chi connectivity index (χ4v) is 5.01. The summed E-state index contributed by atoms with van der Waals surface area (Å²) in [7, 11) is -3.39. The summed E-state index contributed by atoms with van der Waals surface area (Å²) in [5.74, 6) is -0.223. The van der Waals surface area contributed by atoms with Crippen LogP contribution in [-0.2, 0) is 14.8 Å². The average molecular weight is 441 g/mol. The molecule has 3 rings (SSSR count). The highest BCUT2D eigenvalue weighted by molar-refractivity contribution is 7.92. The summed E-state index contributed by atoms with van der Waals surface area (Å²) in [5.41, 5.74) is 2.85. The highest BCUT2D eigenvalue weighted by atomic mass is 32.2. The Labute approximate surface area is 181 Å². The minimum absolute atomic E-state index is 0.0531. The molecule has 0 atom stereocenters. The van der Waals surface area contributed by atoms with Crippen molar-refractivity contribution in [3.63, 3.8) is 0 Å². The third-order valence-corrected chi connectivity index (χ3v) is 6.99. The van der Waals surface area contributed by atoms with Gasteiger partial charge in [-0.25, -0.2) is 8.42 Å². The topological polar surface area (TPSA) is 75.3 Å². The molecule has 5 nitrogen and oxygen atoms in total. The van der Waals surface area contributed by atoms with E-state index in [0.29, 0.717) is 23.4 Å². The molecule has 1 heterocycles. The van der Waals surface area contributed by atoms with Crippen LogP contribution in [0.1, 0.15) is 23.8 Å². The van der Waals surface area contributed by atoms with Crippen molar-refractivity contribution < 1.29 is 13.2 Å². The molecule has 2 N–H and O–H groups in total. The smallest absolute Gasteiger partial charge is 0.248 e. The van der Waals surface area contributed by atoms with E-state index < -0.39 is 10.0 Å². The predicted octanol–water partition coefficient (Wildman–Crippen LogP) is 5.53. The molecule has 0 saturated carbocycles. The lowest BCUT2D eigenvalue weighted by molar-refractivity contribution is -0.111. The molecule has 30 heavy (non-hydrogen) atoms. The SMILES string of the molecule is CCCS(=O)(=O)Nc1cccc(NC(=O)C=Cc2ccc(-c3ccccc3)s2)c1C. The van der Waals surface area contributed by atoms with Gasteiger partial charge in [0.1, 0.15) is 0 Å². The van der Waals surface area contributed by atoms with Crippen molar-refractivity contribution in [3.8, 4) is 10.4 Å². The van der Waals surface area contributed by atoms with E-state index in [-0.39, 0.29) is 11.7 Å². The second-order valence-corrected chi connectivity index (χ2v) is 9.75. The normalized spacial score (nSPS) is 11.5. The number of hydrogen-bond donors (Lipinski definition) is 2. The van der Waals surface area contributed by atoms with E-state index in [1.165, 1.54) is 6.08 Å². The first-order valence-corrected chi connectivity index (χ1v) is 12.1. The van der Waals surface area contributed by atoms with E-state index in [2.05, 4.69) is 22.2 Å². The molecule has 0 aliphatic carbocycles. The Hall–Kier alpha value is -2.90. The summed E-state index contributed by atoms with van der Waals surface area (Å²) < 4.78 is 26.7. The number of amides is 1. The number of sulfonamides is 1. The Morgan fingerprint density at radius 2 is 1.73 bits per heavy atom. The number of hydrogen-bond acceptors (Lipinski definition) is 4. The number of thiophene rings is 1. The molecule has 0 bridgehead atoms. The van der Waals surface area contributed by atoms with Crippen LogP contribution in [0.3, 0.4) is 0 Å². The zero-order chi connectivity index (χ0) is 21.6. The van der Waals surface area contributed by atoms with E-state index in [4.69, 9.17) is 0 Å². The van der Waals surface area contributed by atoms with E-state index in [0.717, 1.165) is 15.3 Å². The minimum Gasteiger partial charge on any atom is -0.322 e. The van der Waals surface area contributed by atoms with E-state index in [1.807, 2.05) is 37.3 Å². The van der Waals surface area contributed by atoms with Crippen molar-refractivity contribution in [1.29, 1.82) is 0 Å². The molecule has 0 unspecified atom stereocenters. The zero-order valence-electron chi connectivity index (χ0n) is 16.9. The van der Waals surface area contributed by atoms with Gasteiger partial charge in [0.05, 0.1) is 11.4 Å². The van der Waals surface area contributed by atoms with Crippen LogP contribution in [0.5, 0.6) is 0 Å². The molecule has 3 aromatic rings. The van der Waals surface area contributed by atoms with Gasteiger partial charge in [0, 0.05) is 21.5 Å². The first-order valence-electron chi connectivity index (χ1n) is 9.62. The van der Waals surface area contributed by atoms with Gasteiger partial charge in [0.15, 0.2) is 0 Å². The molecule has 0 saturated heterocycles. The van der Waals surface area contributed by atoms with Gasteiger partial charge in [-0.05, 0) is 54.8 Å². The summed E-state index contributed by atoms with van der Waals surface area (Å²) in [4.78, 5) is 14.5. The fourth-order valence-electron chi connectivity index (χ4n) is 2.90. The molecule has 1 amide bonds. The van der Waals surface area contributed by atoms with Crippen LogP contribution in [0.25, 0.3) is 16.5 Å². The van der Waals surface area contributed by atoms with Gasteiger partial charge in [-0.2, -0.15) is 0 Å². The van der Waals surface area contributed by atoms with Crippen LogP contribution in [0.15, 0.2) is 66.7 Å². The van der Waals surface area contributed by atoms with Gasteiger partial charge >= 0.3 is 0 Å². The zero-order valence-corrected chi connectivity index (χ0v) is 18.5. The van der Waals surface area contributed by atoms with Crippen molar-refractivity contribution in [2.75, 3.05) is 15.8 Å². The third-order valence-electron chi connectivity index (χ3n) is 4.41. The Morgan fingerprint density at radius 1 is 1.00 bits per heavy atom.